The van der Waals surface area contributed by atoms with Gasteiger partial charge in [-0.15, -0.1) is 0 Å². The van der Waals surface area contributed by atoms with Gasteiger partial charge in [0.1, 0.15) is 0 Å². The average Bonchev–Trinajstić information content (AvgIpc) is 2.50. The number of benzene rings is 2. The van der Waals surface area contributed by atoms with Gasteiger partial charge in [0.05, 0.1) is 0 Å². The summed E-state index contributed by atoms with van der Waals surface area (Å²) in [6.45, 7) is 16.0. The summed E-state index contributed by atoms with van der Waals surface area (Å²) < 4.78 is 0. The molecule has 2 aromatic rings. The zero-order valence-corrected chi connectivity index (χ0v) is 16.3. The molecule has 130 valence electrons. The first-order valence-corrected chi connectivity index (χ1v) is 9.05. The summed E-state index contributed by atoms with van der Waals surface area (Å²) in [5.74, 6) is 0. The van der Waals surface area contributed by atoms with Gasteiger partial charge in [-0.1, -0.05) is 75.4 Å². The van der Waals surface area contributed by atoms with Crippen LogP contribution in [-0.4, -0.2) is 17.0 Å². The fourth-order valence-corrected chi connectivity index (χ4v) is 2.89. The van der Waals surface area contributed by atoms with E-state index < -0.39 is 0 Å². The second-order valence-corrected chi connectivity index (χ2v) is 8.93. The molecule has 0 radical (unpaired) electrons. The number of hydrogen-bond acceptors (Lipinski definition) is 1. The molecule has 0 saturated heterocycles. The molecule has 1 heteroatoms. The lowest BCUT2D eigenvalue weighted by molar-refractivity contribution is 0.110. The minimum Gasteiger partial charge on any atom is -0.294 e. The molecule has 0 saturated carbocycles. The van der Waals surface area contributed by atoms with Crippen LogP contribution in [0.5, 0.6) is 0 Å². The minimum atomic E-state index is 0.162. The smallest absolute Gasteiger partial charge is 0.0245 e. The van der Waals surface area contributed by atoms with Gasteiger partial charge >= 0.3 is 0 Å². The molecule has 0 N–H and O–H groups in total. The van der Waals surface area contributed by atoms with E-state index in [0.717, 1.165) is 13.1 Å². The quantitative estimate of drug-likeness (QED) is 0.616. The third-order valence-corrected chi connectivity index (χ3v) is 4.54. The van der Waals surface area contributed by atoms with Crippen LogP contribution in [0, 0.1) is 5.41 Å². The van der Waals surface area contributed by atoms with Crippen molar-refractivity contribution in [3.63, 3.8) is 0 Å². The van der Waals surface area contributed by atoms with Crippen LogP contribution in [0.1, 0.15) is 53.5 Å². The highest BCUT2D eigenvalue weighted by atomic mass is 15.2. The van der Waals surface area contributed by atoms with E-state index in [1.807, 2.05) is 0 Å². The molecule has 1 nitrogen and oxygen atoms in total. The normalized spacial score (nSPS) is 12.6. The van der Waals surface area contributed by atoms with Gasteiger partial charge in [-0.2, -0.15) is 0 Å². The van der Waals surface area contributed by atoms with E-state index in [2.05, 4.69) is 101 Å². The molecule has 0 aromatic heterocycles. The van der Waals surface area contributed by atoms with Crippen molar-refractivity contribution in [2.45, 2.75) is 60.0 Å². The van der Waals surface area contributed by atoms with E-state index in [4.69, 9.17) is 0 Å². The molecular weight excluding hydrogens is 290 g/mol. The molecule has 0 spiro atoms. The van der Waals surface area contributed by atoms with E-state index in [1.54, 1.807) is 0 Å². The Kier molecular flexibility index (Phi) is 5.87. The summed E-state index contributed by atoms with van der Waals surface area (Å²) in [5.41, 5.74) is 4.59. The van der Waals surface area contributed by atoms with Gasteiger partial charge in [0.25, 0.3) is 0 Å². The summed E-state index contributed by atoms with van der Waals surface area (Å²) in [6, 6.07) is 19.5. The van der Waals surface area contributed by atoms with E-state index >= 15 is 0 Å². The second kappa shape index (κ2) is 7.53. The first kappa shape index (κ1) is 18.7. The van der Waals surface area contributed by atoms with Crippen molar-refractivity contribution in [1.29, 1.82) is 0 Å². The monoisotopic (exact) mass is 323 g/mol. The predicted octanol–water partition coefficient (Wildman–Crippen LogP) is 6.39. The molecule has 2 rings (SSSR count). The SMILES string of the molecule is CC(C)(C)CCN(Cc1ccccc1-c1ccccc1)C(C)(C)C. The maximum Gasteiger partial charge on any atom is 0.0245 e. The van der Waals surface area contributed by atoms with Crippen LogP contribution in [0.15, 0.2) is 54.6 Å². The van der Waals surface area contributed by atoms with Crippen LogP contribution >= 0.6 is 0 Å². The van der Waals surface area contributed by atoms with Crippen LogP contribution in [0.2, 0.25) is 0 Å². The molecule has 0 fully saturated rings. The van der Waals surface area contributed by atoms with Gasteiger partial charge in [0.15, 0.2) is 0 Å². The highest BCUT2D eigenvalue weighted by Gasteiger charge is 2.24. The summed E-state index contributed by atoms with van der Waals surface area (Å²) >= 11 is 0. The van der Waals surface area contributed by atoms with Crippen molar-refractivity contribution < 1.29 is 0 Å². The molecule has 0 bridgehead atoms. The number of nitrogens with zero attached hydrogens (tertiary/aromatic N) is 1. The fourth-order valence-electron chi connectivity index (χ4n) is 2.89. The van der Waals surface area contributed by atoms with E-state index in [-0.39, 0.29) is 5.54 Å². The first-order chi connectivity index (χ1) is 11.2. The van der Waals surface area contributed by atoms with Crippen LogP contribution in [0.25, 0.3) is 11.1 Å². The Balaban J connectivity index is 2.27. The van der Waals surface area contributed by atoms with Gasteiger partial charge in [-0.25, -0.2) is 0 Å². The third kappa shape index (κ3) is 5.49. The second-order valence-electron chi connectivity index (χ2n) is 8.93. The van der Waals surface area contributed by atoms with Crippen LogP contribution < -0.4 is 0 Å². The molecule has 0 aliphatic heterocycles. The Morgan fingerprint density at radius 3 is 1.92 bits per heavy atom. The highest BCUT2D eigenvalue weighted by molar-refractivity contribution is 5.67. The molecule has 0 aliphatic rings. The number of hydrogen-bond donors (Lipinski definition) is 0. The summed E-state index contributed by atoms with van der Waals surface area (Å²) in [5, 5.41) is 0. The molecule has 24 heavy (non-hydrogen) atoms. The summed E-state index contributed by atoms with van der Waals surface area (Å²) in [7, 11) is 0. The standard InChI is InChI=1S/C23H33N/c1-22(2,3)16-17-24(23(4,5)6)18-20-14-10-11-15-21(20)19-12-8-7-9-13-19/h7-15H,16-18H2,1-6H3. The third-order valence-electron chi connectivity index (χ3n) is 4.54. The van der Waals surface area contributed by atoms with Crippen LogP contribution in [-0.2, 0) is 6.54 Å². The summed E-state index contributed by atoms with van der Waals surface area (Å²) in [4.78, 5) is 2.61. The molecule has 0 atom stereocenters. The molecule has 0 unspecified atom stereocenters. The Bertz CT molecular complexity index is 629. The Labute approximate surface area is 148 Å². The van der Waals surface area contributed by atoms with Crippen LogP contribution in [0.4, 0.5) is 0 Å². The van der Waals surface area contributed by atoms with Crippen molar-refractivity contribution in [3.8, 4) is 11.1 Å². The van der Waals surface area contributed by atoms with Gasteiger partial charge in [0.2, 0.25) is 0 Å². The molecule has 2 aromatic carbocycles. The maximum atomic E-state index is 2.61. The van der Waals surface area contributed by atoms with E-state index in [9.17, 15) is 0 Å². The molecule has 0 aliphatic carbocycles. The van der Waals surface area contributed by atoms with E-state index in [1.165, 1.54) is 23.1 Å². The lowest BCUT2D eigenvalue weighted by Gasteiger charge is -2.38. The molecular formula is C23H33N. The van der Waals surface area contributed by atoms with Crippen molar-refractivity contribution in [1.82, 2.24) is 4.90 Å². The van der Waals surface area contributed by atoms with Crippen molar-refractivity contribution >= 4 is 0 Å². The van der Waals surface area contributed by atoms with Crippen molar-refractivity contribution in [2.24, 2.45) is 5.41 Å². The maximum absolute atomic E-state index is 2.61. The highest BCUT2D eigenvalue weighted by Crippen LogP contribution is 2.28. The first-order valence-electron chi connectivity index (χ1n) is 9.05. The zero-order valence-electron chi connectivity index (χ0n) is 16.3. The predicted molar refractivity (Wildman–Crippen MR) is 106 cm³/mol. The largest absolute Gasteiger partial charge is 0.294 e. The lowest BCUT2D eigenvalue weighted by Crippen LogP contribution is -2.42. The average molecular weight is 324 g/mol. The van der Waals surface area contributed by atoms with Gasteiger partial charge in [-0.05, 0) is 55.8 Å². The lowest BCUT2D eigenvalue weighted by atomic mass is 9.90. The molecule has 0 heterocycles. The van der Waals surface area contributed by atoms with Crippen molar-refractivity contribution in [2.75, 3.05) is 6.54 Å². The van der Waals surface area contributed by atoms with Crippen LogP contribution in [0.3, 0.4) is 0 Å². The fraction of sp³-hybridized carbons (Fsp3) is 0.478. The zero-order chi connectivity index (χ0) is 17.8. The minimum absolute atomic E-state index is 0.162. The van der Waals surface area contributed by atoms with Gasteiger partial charge < -0.3 is 0 Å². The van der Waals surface area contributed by atoms with Gasteiger partial charge in [-0.3, -0.25) is 4.90 Å². The van der Waals surface area contributed by atoms with Gasteiger partial charge in [0, 0.05) is 12.1 Å². The number of rotatable bonds is 5. The Hall–Kier alpha value is -1.60. The summed E-state index contributed by atoms with van der Waals surface area (Å²) in [6.07, 6.45) is 1.21. The Morgan fingerprint density at radius 2 is 1.33 bits per heavy atom. The van der Waals surface area contributed by atoms with Crippen molar-refractivity contribution in [3.05, 3.63) is 60.2 Å². The van der Waals surface area contributed by atoms with E-state index in [0.29, 0.717) is 5.41 Å². The topological polar surface area (TPSA) is 3.24 Å². The Morgan fingerprint density at radius 1 is 0.750 bits per heavy atom. The molecule has 0 amide bonds.